The SMILES string of the molecule is O=C1CNC(=O)C2(CCCC2)N1Cc1cc(F)ccc1Cl. The molecule has 3 rings (SSSR count). The van der Waals surface area contributed by atoms with Gasteiger partial charge < -0.3 is 10.2 Å². The van der Waals surface area contributed by atoms with Crippen LogP contribution in [0.1, 0.15) is 31.2 Å². The lowest BCUT2D eigenvalue weighted by Crippen LogP contribution is -2.65. The van der Waals surface area contributed by atoms with Crippen molar-refractivity contribution < 1.29 is 14.0 Å². The second-order valence-electron chi connectivity index (χ2n) is 5.64. The number of rotatable bonds is 2. The Morgan fingerprint density at radius 1 is 1.29 bits per heavy atom. The van der Waals surface area contributed by atoms with E-state index in [1.165, 1.54) is 18.2 Å². The highest BCUT2D eigenvalue weighted by Crippen LogP contribution is 2.38. The van der Waals surface area contributed by atoms with Crippen LogP contribution in [0.25, 0.3) is 0 Å². The van der Waals surface area contributed by atoms with Gasteiger partial charge in [-0.25, -0.2) is 4.39 Å². The number of halogens is 2. The molecule has 0 unspecified atom stereocenters. The minimum atomic E-state index is -0.787. The number of carbonyl (C=O) groups is 2. The van der Waals surface area contributed by atoms with Gasteiger partial charge in [0, 0.05) is 11.6 Å². The monoisotopic (exact) mass is 310 g/mol. The predicted octanol–water partition coefficient (Wildman–Crippen LogP) is 2.25. The van der Waals surface area contributed by atoms with Crippen LogP contribution in [0.2, 0.25) is 5.02 Å². The van der Waals surface area contributed by atoms with E-state index >= 15 is 0 Å². The van der Waals surface area contributed by atoms with Crippen molar-refractivity contribution in [3.05, 3.63) is 34.6 Å². The predicted molar refractivity (Wildman–Crippen MR) is 76.2 cm³/mol. The smallest absolute Gasteiger partial charge is 0.246 e. The molecule has 1 aliphatic heterocycles. The van der Waals surface area contributed by atoms with Crippen LogP contribution in [0.4, 0.5) is 4.39 Å². The number of nitrogens with one attached hydrogen (secondary N) is 1. The summed E-state index contributed by atoms with van der Waals surface area (Å²) in [5.74, 6) is -0.646. The van der Waals surface area contributed by atoms with E-state index in [1.807, 2.05) is 0 Å². The maximum Gasteiger partial charge on any atom is 0.246 e. The highest BCUT2D eigenvalue weighted by atomic mass is 35.5. The van der Waals surface area contributed by atoms with Gasteiger partial charge in [0.25, 0.3) is 0 Å². The molecule has 112 valence electrons. The topological polar surface area (TPSA) is 49.4 Å². The molecule has 1 N–H and O–H groups in total. The van der Waals surface area contributed by atoms with E-state index in [-0.39, 0.29) is 24.9 Å². The zero-order valence-corrected chi connectivity index (χ0v) is 12.3. The zero-order valence-electron chi connectivity index (χ0n) is 11.5. The fourth-order valence-electron chi connectivity index (χ4n) is 3.31. The molecule has 1 aromatic carbocycles. The standard InChI is InChI=1S/C15H16ClFN2O2/c16-12-4-3-11(17)7-10(12)9-19-13(20)8-18-14(21)15(19)5-1-2-6-15/h3-4,7H,1-2,5-6,8-9H2,(H,18,21). The lowest BCUT2D eigenvalue weighted by atomic mass is 9.90. The third-order valence-corrected chi connectivity index (χ3v) is 4.78. The van der Waals surface area contributed by atoms with Gasteiger partial charge in [-0.05, 0) is 36.6 Å². The molecule has 2 aliphatic rings. The summed E-state index contributed by atoms with van der Waals surface area (Å²) < 4.78 is 13.4. The molecule has 6 heteroatoms. The van der Waals surface area contributed by atoms with Crippen LogP contribution in [-0.4, -0.2) is 28.8 Å². The Morgan fingerprint density at radius 3 is 2.71 bits per heavy atom. The zero-order chi connectivity index (χ0) is 15.0. The summed E-state index contributed by atoms with van der Waals surface area (Å²) in [5, 5.41) is 3.07. The van der Waals surface area contributed by atoms with Crippen LogP contribution in [-0.2, 0) is 16.1 Å². The van der Waals surface area contributed by atoms with Gasteiger partial charge in [0.2, 0.25) is 11.8 Å². The molecular weight excluding hydrogens is 295 g/mol. The van der Waals surface area contributed by atoms with Crippen molar-refractivity contribution in [2.24, 2.45) is 0 Å². The summed E-state index contributed by atoms with van der Waals surface area (Å²) in [6, 6.07) is 4.08. The van der Waals surface area contributed by atoms with Gasteiger partial charge in [-0.1, -0.05) is 24.4 Å². The van der Waals surface area contributed by atoms with Crippen LogP contribution in [0.5, 0.6) is 0 Å². The molecule has 4 nitrogen and oxygen atoms in total. The Balaban J connectivity index is 1.95. The second-order valence-corrected chi connectivity index (χ2v) is 6.04. The van der Waals surface area contributed by atoms with Crippen LogP contribution < -0.4 is 5.32 Å². The summed E-state index contributed by atoms with van der Waals surface area (Å²) in [7, 11) is 0. The van der Waals surface area contributed by atoms with Gasteiger partial charge in [0.05, 0.1) is 6.54 Å². The van der Waals surface area contributed by atoms with Crippen molar-refractivity contribution >= 4 is 23.4 Å². The number of amides is 2. The van der Waals surface area contributed by atoms with E-state index in [0.717, 1.165) is 12.8 Å². The van der Waals surface area contributed by atoms with E-state index in [4.69, 9.17) is 11.6 Å². The van der Waals surface area contributed by atoms with E-state index in [2.05, 4.69) is 5.32 Å². The van der Waals surface area contributed by atoms with E-state index in [1.54, 1.807) is 4.90 Å². The molecular formula is C15H16ClFN2O2. The Bertz CT molecular complexity index is 599. The average molecular weight is 311 g/mol. The van der Waals surface area contributed by atoms with E-state index in [9.17, 15) is 14.0 Å². The van der Waals surface area contributed by atoms with Crippen molar-refractivity contribution in [2.75, 3.05) is 6.54 Å². The molecule has 1 saturated carbocycles. The number of benzene rings is 1. The normalized spacial score (nSPS) is 21.0. The van der Waals surface area contributed by atoms with Gasteiger partial charge >= 0.3 is 0 Å². The lowest BCUT2D eigenvalue weighted by molar-refractivity contribution is -0.154. The fourth-order valence-corrected chi connectivity index (χ4v) is 3.49. The van der Waals surface area contributed by atoms with Gasteiger partial charge in [0.1, 0.15) is 11.4 Å². The Kier molecular flexibility index (Phi) is 3.61. The summed E-state index contributed by atoms with van der Waals surface area (Å²) in [4.78, 5) is 26.2. The number of nitrogens with zero attached hydrogens (tertiary/aromatic N) is 1. The first-order valence-electron chi connectivity index (χ1n) is 7.06. The number of piperazine rings is 1. The minimum absolute atomic E-state index is 0.00643. The van der Waals surface area contributed by atoms with E-state index < -0.39 is 11.4 Å². The second kappa shape index (κ2) is 5.30. The highest BCUT2D eigenvalue weighted by Gasteiger charge is 2.50. The average Bonchev–Trinajstić information content (AvgIpc) is 2.94. The molecule has 1 heterocycles. The maximum atomic E-state index is 13.4. The summed E-state index contributed by atoms with van der Waals surface area (Å²) >= 11 is 6.09. The first-order chi connectivity index (χ1) is 10.0. The summed E-state index contributed by atoms with van der Waals surface area (Å²) in [5.41, 5.74) is -0.253. The fraction of sp³-hybridized carbons (Fsp3) is 0.467. The highest BCUT2D eigenvalue weighted by molar-refractivity contribution is 6.31. The van der Waals surface area contributed by atoms with Crippen LogP contribution >= 0.6 is 11.6 Å². The lowest BCUT2D eigenvalue weighted by Gasteiger charge is -2.43. The summed E-state index contributed by atoms with van der Waals surface area (Å²) in [6.07, 6.45) is 3.12. The molecule has 0 radical (unpaired) electrons. The number of hydrogen-bond donors (Lipinski definition) is 1. The van der Waals surface area contributed by atoms with Gasteiger partial charge in [-0.15, -0.1) is 0 Å². The molecule has 0 atom stereocenters. The van der Waals surface area contributed by atoms with Crippen molar-refractivity contribution in [2.45, 2.75) is 37.8 Å². The van der Waals surface area contributed by atoms with Crippen LogP contribution in [0, 0.1) is 5.82 Å². The summed E-state index contributed by atoms with van der Waals surface area (Å²) in [6.45, 7) is 0.163. The molecule has 2 fully saturated rings. The number of carbonyl (C=O) groups excluding carboxylic acids is 2. The third-order valence-electron chi connectivity index (χ3n) is 4.41. The molecule has 1 saturated heterocycles. The Labute approximate surface area is 127 Å². The molecule has 0 aromatic heterocycles. The van der Waals surface area contributed by atoms with Gasteiger partial charge in [-0.3, -0.25) is 9.59 Å². The Morgan fingerprint density at radius 2 is 2.00 bits per heavy atom. The van der Waals surface area contributed by atoms with Crippen LogP contribution in [0.3, 0.4) is 0 Å². The molecule has 21 heavy (non-hydrogen) atoms. The van der Waals surface area contributed by atoms with Crippen molar-refractivity contribution in [3.63, 3.8) is 0 Å². The first kappa shape index (κ1) is 14.3. The van der Waals surface area contributed by atoms with Crippen molar-refractivity contribution in [3.8, 4) is 0 Å². The molecule has 1 aromatic rings. The van der Waals surface area contributed by atoms with Crippen molar-refractivity contribution in [1.29, 1.82) is 0 Å². The van der Waals surface area contributed by atoms with Crippen molar-refractivity contribution in [1.82, 2.24) is 10.2 Å². The quantitative estimate of drug-likeness (QED) is 0.911. The van der Waals surface area contributed by atoms with Crippen LogP contribution in [0.15, 0.2) is 18.2 Å². The largest absolute Gasteiger partial charge is 0.345 e. The number of hydrogen-bond acceptors (Lipinski definition) is 2. The minimum Gasteiger partial charge on any atom is -0.345 e. The molecule has 1 spiro atoms. The van der Waals surface area contributed by atoms with Gasteiger partial charge in [0.15, 0.2) is 0 Å². The van der Waals surface area contributed by atoms with E-state index in [0.29, 0.717) is 23.4 Å². The molecule has 0 bridgehead atoms. The van der Waals surface area contributed by atoms with Gasteiger partial charge in [-0.2, -0.15) is 0 Å². The maximum absolute atomic E-state index is 13.4. The molecule has 2 amide bonds. The Hall–Kier alpha value is -1.62. The first-order valence-corrected chi connectivity index (χ1v) is 7.43. The molecule has 1 aliphatic carbocycles. The third kappa shape index (κ3) is 2.39.